The summed E-state index contributed by atoms with van der Waals surface area (Å²) in [4.78, 5) is 19.7. The molecule has 0 saturated carbocycles. The zero-order chi connectivity index (χ0) is 18.0. The molecule has 1 aliphatic rings. The van der Waals surface area contributed by atoms with Gasteiger partial charge in [-0.1, -0.05) is 65.8 Å². The van der Waals surface area contributed by atoms with Crippen molar-refractivity contribution in [1.29, 1.82) is 0 Å². The number of β-lactam (4-membered cyclic amide) rings is 1. The first-order valence-electron chi connectivity index (χ1n) is 8.26. The van der Waals surface area contributed by atoms with Gasteiger partial charge in [-0.2, -0.15) is 0 Å². The van der Waals surface area contributed by atoms with Crippen LogP contribution in [0.1, 0.15) is 31.9 Å². The number of hydrogen-bond donors (Lipinski definition) is 0. The summed E-state index contributed by atoms with van der Waals surface area (Å²) in [6, 6.07) is 19.8. The van der Waals surface area contributed by atoms with Crippen molar-refractivity contribution in [3.05, 3.63) is 77.4 Å². The summed E-state index contributed by atoms with van der Waals surface area (Å²) >= 11 is 0. The summed E-state index contributed by atoms with van der Waals surface area (Å²) in [5, 5.41) is 4.15. The lowest BCUT2D eigenvalue weighted by molar-refractivity contribution is -0.129. The van der Waals surface area contributed by atoms with E-state index in [0.29, 0.717) is 11.4 Å². The number of oxime groups is 1. The van der Waals surface area contributed by atoms with E-state index in [1.165, 1.54) is 7.11 Å². The molecule has 25 heavy (non-hydrogen) atoms. The fourth-order valence-electron chi connectivity index (χ4n) is 3.04. The minimum atomic E-state index is -0.365. The van der Waals surface area contributed by atoms with E-state index in [-0.39, 0.29) is 11.4 Å². The Balaban J connectivity index is 2.25. The molecule has 0 bridgehead atoms. The summed E-state index contributed by atoms with van der Waals surface area (Å²) in [7, 11) is 1.50. The van der Waals surface area contributed by atoms with Gasteiger partial charge in [0.05, 0.1) is 5.57 Å². The van der Waals surface area contributed by atoms with E-state index in [2.05, 4.69) is 5.16 Å². The molecule has 1 heterocycles. The van der Waals surface area contributed by atoms with Gasteiger partial charge in [-0.15, -0.1) is 0 Å². The Bertz CT molecular complexity index is 790. The van der Waals surface area contributed by atoms with Gasteiger partial charge in [-0.05, 0) is 31.9 Å². The summed E-state index contributed by atoms with van der Waals surface area (Å²) in [6.07, 6.45) is 0. The van der Waals surface area contributed by atoms with Crippen molar-refractivity contribution in [2.24, 2.45) is 5.16 Å². The van der Waals surface area contributed by atoms with Crippen LogP contribution in [-0.4, -0.2) is 29.3 Å². The topological polar surface area (TPSA) is 41.9 Å². The third-order valence-corrected chi connectivity index (χ3v) is 4.08. The van der Waals surface area contributed by atoms with E-state index >= 15 is 0 Å². The first kappa shape index (κ1) is 17.0. The van der Waals surface area contributed by atoms with Crippen molar-refractivity contribution >= 4 is 17.3 Å². The molecule has 1 amide bonds. The highest BCUT2D eigenvalue weighted by molar-refractivity contribution is 6.40. The molecular weight excluding hydrogens is 312 g/mol. The Morgan fingerprint density at radius 1 is 0.920 bits per heavy atom. The molecule has 0 radical (unpaired) electrons. The SMILES string of the molecule is CO/N=C1/C(=C(c2ccccc2)c2ccccc2)C(=O)N1C(C)(C)C. The van der Waals surface area contributed by atoms with Crippen molar-refractivity contribution in [2.75, 3.05) is 7.11 Å². The van der Waals surface area contributed by atoms with Gasteiger partial charge in [0.25, 0.3) is 5.91 Å². The largest absolute Gasteiger partial charge is 0.397 e. The fraction of sp³-hybridized carbons (Fsp3) is 0.238. The number of nitrogens with zero attached hydrogens (tertiary/aromatic N) is 2. The fourth-order valence-corrected chi connectivity index (χ4v) is 3.04. The van der Waals surface area contributed by atoms with Crippen molar-refractivity contribution in [1.82, 2.24) is 4.90 Å². The van der Waals surface area contributed by atoms with Crippen molar-refractivity contribution in [3.8, 4) is 0 Å². The second-order valence-electron chi connectivity index (χ2n) is 6.89. The molecule has 1 saturated heterocycles. The molecule has 2 aromatic rings. The maximum atomic E-state index is 13.0. The molecule has 0 aliphatic carbocycles. The van der Waals surface area contributed by atoms with Gasteiger partial charge in [-0.25, -0.2) is 0 Å². The number of carbonyl (C=O) groups excluding carboxylic acids is 1. The number of carbonyl (C=O) groups is 1. The van der Waals surface area contributed by atoms with E-state index in [1.807, 2.05) is 81.4 Å². The third kappa shape index (κ3) is 3.07. The molecule has 1 fully saturated rings. The van der Waals surface area contributed by atoms with Crippen LogP contribution in [0.15, 0.2) is 71.4 Å². The molecule has 1 aliphatic heterocycles. The van der Waals surface area contributed by atoms with Crippen molar-refractivity contribution in [3.63, 3.8) is 0 Å². The molecule has 0 unspecified atom stereocenters. The van der Waals surface area contributed by atoms with Crippen LogP contribution in [0.25, 0.3) is 5.57 Å². The van der Waals surface area contributed by atoms with Gasteiger partial charge in [0.15, 0.2) is 5.84 Å². The summed E-state index contributed by atoms with van der Waals surface area (Å²) in [5.41, 5.74) is 3.07. The lowest BCUT2D eigenvalue weighted by Crippen LogP contribution is -2.60. The standard InChI is InChI=1S/C21H22N2O2/c1-21(2,3)23-19(22-25-4)18(20(23)24)17(15-11-7-5-8-12-15)16-13-9-6-10-14-16/h5-14H,1-4H3/b22-19-. The zero-order valence-electron chi connectivity index (χ0n) is 15.0. The van der Waals surface area contributed by atoms with Crippen LogP contribution in [0.4, 0.5) is 0 Å². The number of amidine groups is 1. The minimum absolute atomic E-state index is 0.0361. The van der Waals surface area contributed by atoms with E-state index in [9.17, 15) is 4.79 Å². The highest BCUT2D eigenvalue weighted by Crippen LogP contribution is 2.37. The summed E-state index contributed by atoms with van der Waals surface area (Å²) in [6.45, 7) is 5.95. The zero-order valence-corrected chi connectivity index (χ0v) is 15.0. The first-order chi connectivity index (χ1) is 11.9. The second-order valence-corrected chi connectivity index (χ2v) is 6.89. The number of rotatable bonds is 3. The van der Waals surface area contributed by atoms with Gasteiger partial charge in [0, 0.05) is 11.1 Å². The van der Waals surface area contributed by atoms with Gasteiger partial charge in [0.2, 0.25) is 0 Å². The van der Waals surface area contributed by atoms with Gasteiger partial charge < -0.3 is 4.84 Å². The number of benzene rings is 2. The Kier molecular flexibility index (Phi) is 4.45. The van der Waals surface area contributed by atoms with Gasteiger partial charge in [-0.3, -0.25) is 9.69 Å². The van der Waals surface area contributed by atoms with Crippen molar-refractivity contribution in [2.45, 2.75) is 26.3 Å². The molecule has 2 aromatic carbocycles. The second kappa shape index (κ2) is 6.55. The monoisotopic (exact) mass is 334 g/mol. The average molecular weight is 334 g/mol. The quantitative estimate of drug-likeness (QED) is 0.482. The molecule has 0 spiro atoms. The van der Waals surface area contributed by atoms with Crippen LogP contribution < -0.4 is 0 Å². The third-order valence-electron chi connectivity index (χ3n) is 4.08. The summed E-state index contributed by atoms with van der Waals surface area (Å²) in [5.74, 6) is 0.536. The highest BCUT2D eigenvalue weighted by atomic mass is 16.6. The highest BCUT2D eigenvalue weighted by Gasteiger charge is 2.47. The maximum absolute atomic E-state index is 13.0. The van der Waals surface area contributed by atoms with E-state index < -0.39 is 0 Å². The predicted octanol–water partition coefficient (Wildman–Crippen LogP) is 4.09. The Morgan fingerprint density at radius 3 is 1.80 bits per heavy atom. The van der Waals surface area contributed by atoms with Crippen LogP contribution in [0.2, 0.25) is 0 Å². The molecule has 0 N–H and O–H groups in total. The lowest BCUT2D eigenvalue weighted by Gasteiger charge is -2.44. The first-order valence-corrected chi connectivity index (χ1v) is 8.26. The van der Waals surface area contributed by atoms with Crippen LogP contribution in [0, 0.1) is 0 Å². The number of likely N-dealkylation sites (tertiary alicyclic amines) is 1. The van der Waals surface area contributed by atoms with E-state index in [0.717, 1.165) is 16.7 Å². The summed E-state index contributed by atoms with van der Waals surface area (Å²) < 4.78 is 0. The van der Waals surface area contributed by atoms with Crippen LogP contribution in [-0.2, 0) is 9.63 Å². The van der Waals surface area contributed by atoms with Crippen molar-refractivity contribution < 1.29 is 9.63 Å². The van der Waals surface area contributed by atoms with E-state index in [4.69, 9.17) is 4.84 Å². The molecule has 4 heteroatoms. The average Bonchev–Trinajstić information content (AvgIpc) is 2.59. The molecule has 0 aromatic heterocycles. The van der Waals surface area contributed by atoms with Crippen LogP contribution in [0.5, 0.6) is 0 Å². The van der Waals surface area contributed by atoms with Gasteiger partial charge in [0.1, 0.15) is 7.11 Å². The Hall–Kier alpha value is -2.88. The molecule has 4 nitrogen and oxygen atoms in total. The minimum Gasteiger partial charge on any atom is -0.397 e. The van der Waals surface area contributed by atoms with Gasteiger partial charge >= 0.3 is 0 Å². The number of amides is 1. The van der Waals surface area contributed by atoms with E-state index in [1.54, 1.807) is 4.90 Å². The normalized spacial score (nSPS) is 16.0. The molecule has 3 rings (SSSR count). The van der Waals surface area contributed by atoms with Crippen LogP contribution in [0.3, 0.4) is 0 Å². The Morgan fingerprint density at radius 2 is 1.40 bits per heavy atom. The van der Waals surface area contributed by atoms with Crippen LogP contribution >= 0.6 is 0 Å². The maximum Gasteiger partial charge on any atom is 0.264 e. The molecule has 0 atom stereocenters. The lowest BCUT2D eigenvalue weighted by atomic mass is 9.85. The Labute approximate surface area is 148 Å². The molecular formula is C21H22N2O2. The molecule has 128 valence electrons. The predicted molar refractivity (Wildman–Crippen MR) is 99.9 cm³/mol. The number of hydrogen-bond acceptors (Lipinski definition) is 3. The smallest absolute Gasteiger partial charge is 0.264 e.